The summed E-state index contributed by atoms with van der Waals surface area (Å²) in [5.74, 6) is -0.411. The molecule has 2 aromatic rings. The van der Waals surface area contributed by atoms with Gasteiger partial charge in [-0.2, -0.15) is 0 Å². The monoisotopic (exact) mass is 255 g/mol. The molecular weight excluding hydrogens is 248 g/mol. The van der Waals surface area contributed by atoms with Crippen LogP contribution in [0.25, 0.3) is 11.1 Å². The summed E-state index contributed by atoms with van der Waals surface area (Å²) < 4.78 is 13.2. The third-order valence-corrected chi connectivity index (χ3v) is 2.80. The number of nitrogens with two attached hydrogens (primary N) is 1. The molecular formula is C12H8Cl2FN. The third kappa shape index (κ3) is 2.13. The van der Waals surface area contributed by atoms with Crippen LogP contribution in [0, 0.1) is 5.82 Å². The summed E-state index contributed by atoms with van der Waals surface area (Å²) in [6.45, 7) is 0. The van der Waals surface area contributed by atoms with E-state index in [2.05, 4.69) is 0 Å². The van der Waals surface area contributed by atoms with Gasteiger partial charge in [0.1, 0.15) is 5.82 Å². The van der Waals surface area contributed by atoms with E-state index in [9.17, 15) is 4.39 Å². The van der Waals surface area contributed by atoms with Gasteiger partial charge in [0.2, 0.25) is 0 Å². The molecule has 0 bridgehead atoms. The number of rotatable bonds is 1. The van der Waals surface area contributed by atoms with E-state index in [-0.39, 0.29) is 0 Å². The van der Waals surface area contributed by atoms with Crippen molar-refractivity contribution in [1.29, 1.82) is 0 Å². The second kappa shape index (κ2) is 4.32. The fraction of sp³-hybridized carbons (Fsp3) is 0. The smallest absolute Gasteiger partial charge is 0.125 e. The first-order valence-corrected chi connectivity index (χ1v) is 5.34. The predicted molar refractivity (Wildman–Crippen MR) is 66.3 cm³/mol. The quantitative estimate of drug-likeness (QED) is 0.752. The highest BCUT2D eigenvalue weighted by Crippen LogP contribution is 2.35. The maximum absolute atomic E-state index is 13.2. The summed E-state index contributed by atoms with van der Waals surface area (Å²) in [5, 5.41) is 0.940. The maximum atomic E-state index is 13.2. The molecule has 82 valence electrons. The highest BCUT2D eigenvalue weighted by atomic mass is 35.5. The Morgan fingerprint density at radius 2 is 1.62 bits per heavy atom. The van der Waals surface area contributed by atoms with Gasteiger partial charge in [0.15, 0.2) is 0 Å². The summed E-state index contributed by atoms with van der Waals surface area (Å²) in [6, 6.07) is 9.36. The predicted octanol–water partition coefficient (Wildman–Crippen LogP) is 4.38. The van der Waals surface area contributed by atoms with Gasteiger partial charge >= 0.3 is 0 Å². The SMILES string of the molecule is Nc1cc(F)cc(-c2c(Cl)cccc2Cl)c1. The molecule has 0 aromatic heterocycles. The van der Waals surface area contributed by atoms with Crippen LogP contribution in [-0.2, 0) is 0 Å². The molecule has 0 radical (unpaired) electrons. The maximum Gasteiger partial charge on any atom is 0.125 e. The zero-order valence-electron chi connectivity index (χ0n) is 8.18. The number of hydrogen-bond donors (Lipinski definition) is 1. The van der Waals surface area contributed by atoms with Crippen molar-refractivity contribution in [2.24, 2.45) is 0 Å². The largest absolute Gasteiger partial charge is 0.399 e. The van der Waals surface area contributed by atoms with Crippen molar-refractivity contribution in [2.75, 3.05) is 5.73 Å². The summed E-state index contributed by atoms with van der Waals surface area (Å²) in [6.07, 6.45) is 0. The van der Waals surface area contributed by atoms with Crippen LogP contribution < -0.4 is 5.73 Å². The van der Waals surface area contributed by atoms with Crippen molar-refractivity contribution in [3.63, 3.8) is 0 Å². The first-order chi connectivity index (χ1) is 7.58. The number of nitrogen functional groups attached to an aromatic ring is 1. The summed E-state index contributed by atoms with van der Waals surface area (Å²) in [5.41, 5.74) is 7.08. The lowest BCUT2D eigenvalue weighted by molar-refractivity contribution is 0.629. The fourth-order valence-electron chi connectivity index (χ4n) is 1.53. The zero-order valence-corrected chi connectivity index (χ0v) is 9.69. The molecule has 0 unspecified atom stereocenters. The molecule has 0 aliphatic heterocycles. The molecule has 0 saturated carbocycles. The normalized spacial score (nSPS) is 10.4. The van der Waals surface area contributed by atoms with E-state index in [1.165, 1.54) is 12.1 Å². The van der Waals surface area contributed by atoms with Gasteiger partial charge in [0, 0.05) is 21.3 Å². The van der Waals surface area contributed by atoms with Gasteiger partial charge < -0.3 is 5.73 Å². The van der Waals surface area contributed by atoms with Gasteiger partial charge in [-0.25, -0.2) is 4.39 Å². The van der Waals surface area contributed by atoms with Gasteiger partial charge in [0.25, 0.3) is 0 Å². The molecule has 2 N–H and O–H groups in total. The standard InChI is InChI=1S/C12H8Cl2FN/c13-10-2-1-3-11(14)12(10)7-4-8(15)6-9(16)5-7/h1-6H,16H2. The van der Waals surface area contributed by atoms with Crippen molar-refractivity contribution in [2.45, 2.75) is 0 Å². The molecule has 2 rings (SSSR count). The van der Waals surface area contributed by atoms with Crippen LogP contribution in [0.1, 0.15) is 0 Å². The van der Waals surface area contributed by atoms with Crippen LogP contribution in [0.4, 0.5) is 10.1 Å². The van der Waals surface area contributed by atoms with E-state index < -0.39 is 5.82 Å². The van der Waals surface area contributed by atoms with E-state index in [0.29, 0.717) is 26.9 Å². The second-order valence-electron chi connectivity index (χ2n) is 3.37. The van der Waals surface area contributed by atoms with Gasteiger partial charge in [-0.1, -0.05) is 29.3 Å². The number of benzene rings is 2. The van der Waals surface area contributed by atoms with Crippen LogP contribution in [0.15, 0.2) is 36.4 Å². The lowest BCUT2D eigenvalue weighted by Gasteiger charge is -2.08. The molecule has 0 aliphatic rings. The Morgan fingerprint density at radius 1 is 1.00 bits per heavy atom. The Hall–Kier alpha value is -1.25. The molecule has 0 atom stereocenters. The minimum Gasteiger partial charge on any atom is -0.399 e. The average molecular weight is 256 g/mol. The van der Waals surface area contributed by atoms with E-state index in [1.807, 2.05) is 0 Å². The fourth-order valence-corrected chi connectivity index (χ4v) is 2.15. The average Bonchev–Trinajstić information content (AvgIpc) is 2.15. The Bertz CT molecular complexity index is 500. The minimum atomic E-state index is -0.411. The van der Waals surface area contributed by atoms with Crippen LogP contribution in [-0.4, -0.2) is 0 Å². The zero-order chi connectivity index (χ0) is 11.7. The Labute approximate surface area is 103 Å². The lowest BCUT2D eigenvalue weighted by atomic mass is 10.0. The molecule has 0 aliphatic carbocycles. The topological polar surface area (TPSA) is 26.0 Å². The molecule has 2 aromatic carbocycles. The molecule has 0 spiro atoms. The molecule has 0 saturated heterocycles. The first kappa shape index (κ1) is 11.2. The Morgan fingerprint density at radius 3 is 2.19 bits per heavy atom. The van der Waals surface area contributed by atoms with Crippen molar-refractivity contribution in [1.82, 2.24) is 0 Å². The molecule has 4 heteroatoms. The molecule has 0 heterocycles. The van der Waals surface area contributed by atoms with Crippen molar-refractivity contribution >= 4 is 28.9 Å². The van der Waals surface area contributed by atoms with Crippen LogP contribution >= 0.6 is 23.2 Å². The minimum absolute atomic E-state index is 0.339. The lowest BCUT2D eigenvalue weighted by Crippen LogP contribution is -1.89. The van der Waals surface area contributed by atoms with Gasteiger partial charge in [-0.3, -0.25) is 0 Å². The molecule has 0 fully saturated rings. The Kier molecular flexibility index (Phi) is 3.03. The molecule has 16 heavy (non-hydrogen) atoms. The van der Waals surface area contributed by atoms with E-state index >= 15 is 0 Å². The highest BCUT2D eigenvalue weighted by molar-refractivity contribution is 6.39. The highest BCUT2D eigenvalue weighted by Gasteiger charge is 2.09. The van der Waals surface area contributed by atoms with Crippen LogP contribution in [0.5, 0.6) is 0 Å². The number of halogens is 3. The van der Waals surface area contributed by atoms with Crippen molar-refractivity contribution in [3.8, 4) is 11.1 Å². The second-order valence-corrected chi connectivity index (χ2v) is 4.18. The van der Waals surface area contributed by atoms with Crippen molar-refractivity contribution < 1.29 is 4.39 Å². The molecule has 0 amide bonds. The molecule has 1 nitrogen and oxygen atoms in total. The summed E-state index contributed by atoms with van der Waals surface area (Å²) >= 11 is 12.0. The Balaban J connectivity index is 2.67. The van der Waals surface area contributed by atoms with Crippen LogP contribution in [0.2, 0.25) is 10.0 Å². The number of hydrogen-bond acceptors (Lipinski definition) is 1. The first-order valence-electron chi connectivity index (χ1n) is 4.58. The van der Waals surface area contributed by atoms with E-state index in [0.717, 1.165) is 0 Å². The van der Waals surface area contributed by atoms with Crippen LogP contribution in [0.3, 0.4) is 0 Å². The van der Waals surface area contributed by atoms with Gasteiger partial charge in [-0.05, 0) is 35.9 Å². The van der Waals surface area contributed by atoms with Gasteiger partial charge in [-0.15, -0.1) is 0 Å². The van der Waals surface area contributed by atoms with E-state index in [1.54, 1.807) is 24.3 Å². The van der Waals surface area contributed by atoms with Crippen molar-refractivity contribution in [3.05, 3.63) is 52.3 Å². The van der Waals surface area contributed by atoms with E-state index in [4.69, 9.17) is 28.9 Å². The third-order valence-electron chi connectivity index (χ3n) is 2.17. The summed E-state index contributed by atoms with van der Waals surface area (Å²) in [4.78, 5) is 0. The number of anilines is 1. The summed E-state index contributed by atoms with van der Waals surface area (Å²) in [7, 11) is 0. The van der Waals surface area contributed by atoms with Gasteiger partial charge in [0.05, 0.1) is 0 Å².